The van der Waals surface area contributed by atoms with Crippen LogP contribution in [0.25, 0.3) is 18.0 Å². The molecule has 1 aliphatic heterocycles. The molecule has 0 saturated heterocycles. The maximum absolute atomic E-state index is 8.08. The van der Waals surface area contributed by atoms with E-state index in [2.05, 4.69) is 49.5 Å². The second-order valence-corrected chi connectivity index (χ2v) is 6.47. The fraction of sp³-hybridized carbons (Fsp3) is 0.238. The fourth-order valence-electron chi connectivity index (χ4n) is 3.01. The predicted molar refractivity (Wildman–Crippen MR) is 103 cm³/mol. The van der Waals surface area contributed by atoms with Crippen molar-refractivity contribution in [2.45, 2.75) is 27.2 Å². The lowest BCUT2D eigenvalue weighted by molar-refractivity contribution is 0.577. The van der Waals surface area contributed by atoms with E-state index in [1.54, 1.807) is 0 Å². The quantitative estimate of drug-likeness (QED) is 0.918. The monoisotopic (exact) mass is 332 g/mol. The smallest absolute Gasteiger partial charge is 0.128 e. The molecule has 4 heteroatoms. The molecule has 2 aromatic heterocycles. The Morgan fingerprint density at radius 2 is 2.12 bits per heavy atom. The van der Waals surface area contributed by atoms with Crippen LogP contribution in [0.4, 0.5) is 0 Å². The second kappa shape index (κ2) is 6.93. The minimum absolute atomic E-state index is 0.481. The van der Waals surface area contributed by atoms with E-state index in [0.717, 1.165) is 35.4 Å². The fourth-order valence-corrected chi connectivity index (χ4v) is 3.01. The molecule has 1 N–H and O–H groups in total. The summed E-state index contributed by atoms with van der Waals surface area (Å²) in [5, 5.41) is 8.08. The van der Waals surface area contributed by atoms with E-state index in [-0.39, 0.29) is 0 Å². The first kappa shape index (κ1) is 17.0. The van der Waals surface area contributed by atoms with E-state index < -0.39 is 0 Å². The molecule has 4 nitrogen and oxygen atoms in total. The Morgan fingerprint density at radius 1 is 1.32 bits per heavy atom. The van der Waals surface area contributed by atoms with Crippen LogP contribution in [0.5, 0.6) is 0 Å². The van der Waals surface area contributed by atoms with Crippen LogP contribution in [0.2, 0.25) is 0 Å². The molecular formula is C21H24N4. The summed E-state index contributed by atoms with van der Waals surface area (Å²) < 4.78 is 1.88. The third kappa shape index (κ3) is 3.48. The van der Waals surface area contributed by atoms with Crippen molar-refractivity contribution in [3.05, 3.63) is 76.8 Å². The normalized spacial score (nSPS) is 14.0. The summed E-state index contributed by atoms with van der Waals surface area (Å²) in [6, 6.07) is 3.84. The van der Waals surface area contributed by atoms with Gasteiger partial charge in [0.1, 0.15) is 5.49 Å². The Kier molecular flexibility index (Phi) is 4.70. The summed E-state index contributed by atoms with van der Waals surface area (Å²) in [6.45, 7) is 11.2. The van der Waals surface area contributed by atoms with Crippen LogP contribution in [-0.4, -0.2) is 21.0 Å². The first-order valence-electron chi connectivity index (χ1n) is 8.51. The summed E-state index contributed by atoms with van der Waals surface area (Å²) in [6.07, 6.45) is 13.0. The Morgan fingerprint density at radius 3 is 2.88 bits per heavy atom. The number of nitrogens with one attached hydrogen (secondary N) is 1. The van der Waals surface area contributed by atoms with Gasteiger partial charge >= 0.3 is 0 Å². The molecule has 2 aromatic rings. The van der Waals surface area contributed by atoms with E-state index in [9.17, 15) is 0 Å². The number of aromatic nitrogens is 2. The first-order valence-corrected chi connectivity index (χ1v) is 8.51. The summed E-state index contributed by atoms with van der Waals surface area (Å²) in [7, 11) is 0. The van der Waals surface area contributed by atoms with Crippen LogP contribution < -0.4 is 5.49 Å². The highest BCUT2D eigenvalue weighted by atomic mass is 15.1. The molecular weight excluding hydrogens is 308 g/mol. The molecule has 25 heavy (non-hydrogen) atoms. The second-order valence-electron chi connectivity index (χ2n) is 6.47. The van der Waals surface area contributed by atoms with Gasteiger partial charge in [-0.1, -0.05) is 19.6 Å². The van der Waals surface area contributed by atoms with Crippen LogP contribution >= 0.6 is 0 Å². The van der Waals surface area contributed by atoms with E-state index in [4.69, 9.17) is 5.41 Å². The van der Waals surface area contributed by atoms with Crippen molar-refractivity contribution in [1.82, 2.24) is 14.5 Å². The van der Waals surface area contributed by atoms with E-state index in [1.807, 2.05) is 41.5 Å². The molecule has 0 fully saturated rings. The Bertz CT molecular complexity index is 931. The molecule has 0 unspecified atom stereocenters. The molecule has 0 aromatic carbocycles. The van der Waals surface area contributed by atoms with Crippen LogP contribution in [-0.2, 0) is 6.42 Å². The lowest BCUT2D eigenvalue weighted by atomic mass is 10.00. The molecule has 0 bridgehead atoms. The van der Waals surface area contributed by atoms with Gasteiger partial charge in [0.15, 0.2) is 0 Å². The van der Waals surface area contributed by atoms with E-state index in [1.165, 1.54) is 11.1 Å². The number of nitrogens with zero attached hydrogens (tertiary/aromatic N) is 3. The average Bonchev–Trinajstić information content (AvgIpc) is 2.60. The largest absolute Gasteiger partial charge is 0.344 e. The Balaban J connectivity index is 1.84. The molecule has 0 spiro atoms. The molecule has 3 heterocycles. The van der Waals surface area contributed by atoms with Crippen molar-refractivity contribution in [1.29, 1.82) is 5.41 Å². The zero-order valence-corrected chi connectivity index (χ0v) is 15.1. The highest BCUT2D eigenvalue weighted by molar-refractivity contribution is 5.77. The molecule has 1 aliphatic rings. The lowest BCUT2D eigenvalue weighted by Crippen LogP contribution is -2.22. The molecule has 0 aliphatic carbocycles. The van der Waals surface area contributed by atoms with Crippen molar-refractivity contribution in [2.75, 3.05) is 6.54 Å². The van der Waals surface area contributed by atoms with Gasteiger partial charge in [-0.15, -0.1) is 0 Å². The van der Waals surface area contributed by atoms with Crippen molar-refractivity contribution in [3.8, 4) is 0 Å². The first-order chi connectivity index (χ1) is 12.0. The molecule has 0 amide bonds. The summed E-state index contributed by atoms with van der Waals surface area (Å²) in [5.74, 6) is 0. The van der Waals surface area contributed by atoms with Gasteiger partial charge in [-0.05, 0) is 54.7 Å². The molecule has 3 rings (SSSR count). The standard InChI is InChI=1S/C21H24N4/c1-5-18-6-7-21(22)25(14-18)13-15(2)12-24-9-8-19-16(3)10-23-11-20(19)17(24)4/h6-11,13-14,22H,4-5,12H2,1-3H3/b15-13+,22-21?. The highest BCUT2D eigenvalue weighted by Gasteiger charge is 2.17. The van der Waals surface area contributed by atoms with Crippen molar-refractivity contribution < 1.29 is 0 Å². The zero-order valence-electron chi connectivity index (χ0n) is 15.1. The summed E-state index contributed by atoms with van der Waals surface area (Å²) in [5.41, 5.74) is 7.25. The van der Waals surface area contributed by atoms with Gasteiger partial charge in [-0.3, -0.25) is 10.4 Å². The van der Waals surface area contributed by atoms with Gasteiger partial charge in [0.25, 0.3) is 0 Å². The van der Waals surface area contributed by atoms with Crippen LogP contribution in [0.1, 0.15) is 36.1 Å². The molecule has 0 radical (unpaired) electrons. The third-order valence-electron chi connectivity index (χ3n) is 4.49. The third-order valence-corrected chi connectivity index (χ3v) is 4.49. The number of pyridine rings is 2. The van der Waals surface area contributed by atoms with Gasteiger partial charge in [0, 0.05) is 48.8 Å². The van der Waals surface area contributed by atoms with Crippen molar-refractivity contribution in [2.24, 2.45) is 0 Å². The van der Waals surface area contributed by atoms with E-state index >= 15 is 0 Å². The van der Waals surface area contributed by atoms with Crippen LogP contribution in [0.15, 0.2) is 49.1 Å². The lowest BCUT2D eigenvalue weighted by Gasteiger charge is -2.28. The van der Waals surface area contributed by atoms with Gasteiger partial charge in [-0.25, -0.2) is 0 Å². The molecule has 128 valence electrons. The minimum Gasteiger partial charge on any atom is -0.344 e. The predicted octanol–water partition coefficient (Wildman–Crippen LogP) is 4.05. The maximum Gasteiger partial charge on any atom is 0.128 e. The van der Waals surface area contributed by atoms with Gasteiger partial charge < -0.3 is 9.47 Å². The topological polar surface area (TPSA) is 44.9 Å². The van der Waals surface area contributed by atoms with Crippen molar-refractivity contribution >= 4 is 18.0 Å². The van der Waals surface area contributed by atoms with Gasteiger partial charge in [0.05, 0.1) is 0 Å². The zero-order chi connectivity index (χ0) is 18.0. The minimum atomic E-state index is 0.481. The molecule has 0 atom stereocenters. The van der Waals surface area contributed by atoms with E-state index in [0.29, 0.717) is 5.49 Å². The summed E-state index contributed by atoms with van der Waals surface area (Å²) in [4.78, 5) is 6.42. The summed E-state index contributed by atoms with van der Waals surface area (Å²) >= 11 is 0. The van der Waals surface area contributed by atoms with Gasteiger partial charge in [-0.2, -0.15) is 0 Å². The van der Waals surface area contributed by atoms with Crippen LogP contribution in [0.3, 0.4) is 0 Å². The SMILES string of the molecule is C=C1c2cncc(C)c2C=CN1C/C(C)=C/n1cc(CC)ccc1=N. The Hall–Kier alpha value is -2.88. The highest BCUT2D eigenvalue weighted by Crippen LogP contribution is 2.29. The number of hydrogen-bond donors (Lipinski definition) is 1. The van der Waals surface area contributed by atoms with Crippen LogP contribution in [0, 0.1) is 12.3 Å². The number of rotatable bonds is 4. The maximum atomic E-state index is 8.08. The van der Waals surface area contributed by atoms with Gasteiger partial charge in [0.2, 0.25) is 0 Å². The number of hydrogen-bond acceptors (Lipinski definition) is 3. The van der Waals surface area contributed by atoms with Crippen molar-refractivity contribution in [3.63, 3.8) is 0 Å². The number of fused-ring (bicyclic) bond motifs is 1. The number of aryl methyl sites for hydroxylation is 2. The Labute approximate surface area is 149 Å². The molecule has 0 saturated carbocycles. The average molecular weight is 332 g/mol.